The molecule has 0 atom stereocenters. The second kappa shape index (κ2) is 10.2. The maximum Gasteiger partial charge on any atom is 0.416 e. The Kier molecular flexibility index (Phi) is 7.27. The number of nitrogens with one attached hydrogen (secondary N) is 1. The number of nitrogens with zero attached hydrogens (tertiary/aromatic N) is 1. The fraction of sp³-hybridized carbons (Fsp3) is 0.500. The van der Waals surface area contributed by atoms with Gasteiger partial charge in [-0.05, 0) is 47.6 Å². The molecule has 1 aliphatic carbocycles. The lowest BCUT2D eigenvalue weighted by molar-refractivity contribution is -0.138. The number of halogens is 3. The van der Waals surface area contributed by atoms with E-state index in [1.165, 1.54) is 0 Å². The van der Waals surface area contributed by atoms with Crippen molar-refractivity contribution in [1.82, 2.24) is 10.2 Å². The molecule has 4 nitrogen and oxygen atoms in total. The van der Waals surface area contributed by atoms with E-state index in [9.17, 15) is 18.0 Å². The molecule has 1 heterocycles. The van der Waals surface area contributed by atoms with Crippen molar-refractivity contribution in [3.63, 3.8) is 0 Å². The summed E-state index contributed by atoms with van der Waals surface area (Å²) in [5, 5.41) is 2.68. The van der Waals surface area contributed by atoms with Gasteiger partial charge in [-0.25, -0.2) is 0 Å². The molecule has 0 bridgehead atoms. The molecule has 7 heteroatoms. The van der Waals surface area contributed by atoms with Crippen LogP contribution >= 0.6 is 0 Å². The van der Waals surface area contributed by atoms with Crippen molar-refractivity contribution in [1.29, 1.82) is 0 Å². The number of likely N-dealkylation sites (tertiary alicyclic amines) is 1. The molecule has 2 fully saturated rings. The first-order chi connectivity index (χ1) is 15.8. The van der Waals surface area contributed by atoms with Crippen LogP contribution in [0.4, 0.5) is 13.2 Å². The molecule has 0 spiro atoms. The van der Waals surface area contributed by atoms with Crippen molar-refractivity contribution < 1.29 is 22.7 Å². The van der Waals surface area contributed by atoms with E-state index in [0.717, 1.165) is 68.9 Å². The Hall–Kier alpha value is -2.54. The highest BCUT2D eigenvalue weighted by Crippen LogP contribution is 2.42. The van der Waals surface area contributed by atoms with Gasteiger partial charge in [-0.1, -0.05) is 49.6 Å². The van der Waals surface area contributed by atoms with E-state index >= 15 is 0 Å². The molecule has 1 N–H and O–H groups in total. The summed E-state index contributed by atoms with van der Waals surface area (Å²) >= 11 is 0. The van der Waals surface area contributed by atoms with Crippen LogP contribution in [0.2, 0.25) is 0 Å². The molecule has 178 valence electrons. The van der Waals surface area contributed by atoms with E-state index in [1.54, 1.807) is 19.2 Å². The molecule has 2 aromatic carbocycles. The lowest BCUT2D eigenvalue weighted by Crippen LogP contribution is -2.52. The summed E-state index contributed by atoms with van der Waals surface area (Å²) in [5.74, 6) is 0.370. The van der Waals surface area contributed by atoms with Crippen LogP contribution < -0.4 is 10.1 Å². The average molecular weight is 461 g/mol. The lowest BCUT2D eigenvalue weighted by Gasteiger charge is -2.38. The van der Waals surface area contributed by atoms with E-state index in [4.69, 9.17) is 4.74 Å². The van der Waals surface area contributed by atoms with E-state index < -0.39 is 11.7 Å². The number of alkyl halides is 3. The van der Waals surface area contributed by atoms with Gasteiger partial charge in [0.2, 0.25) is 5.91 Å². The maximum absolute atomic E-state index is 13.7. The third kappa shape index (κ3) is 5.88. The molecule has 0 radical (unpaired) electrons. The molecule has 1 amide bonds. The SMILES string of the molecule is CNC(=O)C1CN(Cc2ccc(COc3ccc(C4CCCCC4)c(C(F)(F)F)c3)cc2)C1. The van der Waals surface area contributed by atoms with E-state index in [1.807, 2.05) is 24.3 Å². The molecular weight excluding hydrogens is 429 g/mol. The van der Waals surface area contributed by atoms with Gasteiger partial charge in [-0.15, -0.1) is 0 Å². The van der Waals surface area contributed by atoms with Crippen molar-refractivity contribution in [3.05, 3.63) is 64.7 Å². The van der Waals surface area contributed by atoms with Crippen molar-refractivity contribution in [2.75, 3.05) is 20.1 Å². The molecule has 0 aromatic heterocycles. The van der Waals surface area contributed by atoms with E-state index in [0.29, 0.717) is 5.56 Å². The fourth-order valence-corrected chi connectivity index (χ4v) is 4.87. The summed E-state index contributed by atoms with van der Waals surface area (Å²) in [6.45, 7) is 2.49. The maximum atomic E-state index is 13.7. The summed E-state index contributed by atoms with van der Waals surface area (Å²) in [7, 11) is 1.65. The van der Waals surface area contributed by atoms with Gasteiger partial charge in [-0.2, -0.15) is 13.2 Å². The number of amides is 1. The zero-order valence-electron chi connectivity index (χ0n) is 19.0. The minimum Gasteiger partial charge on any atom is -0.489 e. The Labute approximate surface area is 193 Å². The predicted octanol–water partition coefficient (Wildman–Crippen LogP) is 5.51. The molecule has 4 rings (SSSR count). The molecule has 1 saturated carbocycles. The van der Waals surface area contributed by atoms with Crippen LogP contribution in [0.3, 0.4) is 0 Å². The van der Waals surface area contributed by atoms with Crippen LogP contribution in [0.5, 0.6) is 5.75 Å². The summed E-state index contributed by atoms with van der Waals surface area (Å²) in [4.78, 5) is 13.8. The van der Waals surface area contributed by atoms with Gasteiger partial charge in [0.05, 0.1) is 11.5 Å². The number of carbonyl (C=O) groups excluding carboxylic acids is 1. The lowest BCUT2D eigenvalue weighted by atomic mass is 9.82. The van der Waals surface area contributed by atoms with Crippen LogP contribution in [0.15, 0.2) is 42.5 Å². The van der Waals surface area contributed by atoms with Crippen molar-refractivity contribution in [3.8, 4) is 5.75 Å². The smallest absolute Gasteiger partial charge is 0.416 e. The van der Waals surface area contributed by atoms with Gasteiger partial charge in [0, 0.05) is 26.7 Å². The topological polar surface area (TPSA) is 41.6 Å². The van der Waals surface area contributed by atoms with Gasteiger partial charge in [0.25, 0.3) is 0 Å². The first-order valence-corrected chi connectivity index (χ1v) is 11.7. The molecule has 2 aliphatic rings. The zero-order chi connectivity index (χ0) is 23.4. The molecule has 1 aliphatic heterocycles. The van der Waals surface area contributed by atoms with E-state index in [-0.39, 0.29) is 30.1 Å². The number of carbonyl (C=O) groups is 1. The van der Waals surface area contributed by atoms with Gasteiger partial charge in [-0.3, -0.25) is 9.69 Å². The Bertz CT molecular complexity index is 947. The molecule has 33 heavy (non-hydrogen) atoms. The minimum absolute atomic E-state index is 0.0185. The first-order valence-electron chi connectivity index (χ1n) is 11.7. The Morgan fingerprint density at radius 3 is 2.33 bits per heavy atom. The number of rotatable bonds is 7. The summed E-state index contributed by atoms with van der Waals surface area (Å²) in [5.41, 5.74) is 1.87. The average Bonchev–Trinajstić information content (AvgIpc) is 2.80. The van der Waals surface area contributed by atoms with Gasteiger partial charge >= 0.3 is 6.18 Å². The minimum atomic E-state index is -4.39. The van der Waals surface area contributed by atoms with Crippen LogP contribution in [0.25, 0.3) is 0 Å². The number of hydrogen-bond acceptors (Lipinski definition) is 3. The van der Waals surface area contributed by atoms with Crippen LogP contribution in [-0.4, -0.2) is 30.9 Å². The second-order valence-electron chi connectivity index (χ2n) is 9.19. The fourth-order valence-electron chi connectivity index (χ4n) is 4.87. The highest BCUT2D eigenvalue weighted by Gasteiger charge is 2.36. The molecule has 2 aromatic rings. The second-order valence-corrected chi connectivity index (χ2v) is 9.19. The summed E-state index contributed by atoms with van der Waals surface area (Å²) in [6, 6.07) is 12.3. The molecule has 1 saturated heterocycles. The standard InChI is InChI=1S/C26H31F3N2O2/c1-30-25(32)21-15-31(16-21)14-18-7-9-19(10-8-18)17-33-22-11-12-23(20-5-3-2-4-6-20)24(13-22)26(27,28)29/h7-13,20-21H,2-6,14-17H2,1H3,(H,30,32). The first kappa shape index (κ1) is 23.6. The third-order valence-corrected chi connectivity index (χ3v) is 6.78. The zero-order valence-corrected chi connectivity index (χ0v) is 19.0. The Morgan fingerprint density at radius 2 is 1.70 bits per heavy atom. The van der Waals surface area contributed by atoms with Gasteiger partial charge in [0.15, 0.2) is 0 Å². The summed E-state index contributed by atoms with van der Waals surface area (Å²) in [6.07, 6.45) is 0.331. The number of hydrogen-bond donors (Lipinski definition) is 1. The number of benzene rings is 2. The van der Waals surface area contributed by atoms with Crippen LogP contribution in [0, 0.1) is 5.92 Å². The quantitative estimate of drug-likeness (QED) is 0.593. The molecular formula is C26H31F3N2O2. The number of ether oxygens (including phenoxy) is 1. The Morgan fingerprint density at radius 1 is 1.03 bits per heavy atom. The third-order valence-electron chi connectivity index (χ3n) is 6.78. The van der Waals surface area contributed by atoms with Crippen molar-refractivity contribution in [2.45, 2.75) is 57.3 Å². The monoisotopic (exact) mass is 460 g/mol. The van der Waals surface area contributed by atoms with Crippen molar-refractivity contribution >= 4 is 5.91 Å². The summed E-state index contributed by atoms with van der Waals surface area (Å²) < 4.78 is 46.9. The van der Waals surface area contributed by atoms with Crippen LogP contribution in [0.1, 0.15) is 60.3 Å². The van der Waals surface area contributed by atoms with Crippen LogP contribution in [-0.2, 0) is 24.1 Å². The van der Waals surface area contributed by atoms with Gasteiger partial charge < -0.3 is 10.1 Å². The molecule has 0 unspecified atom stereocenters. The largest absolute Gasteiger partial charge is 0.489 e. The highest BCUT2D eigenvalue weighted by atomic mass is 19.4. The van der Waals surface area contributed by atoms with Crippen molar-refractivity contribution in [2.24, 2.45) is 5.92 Å². The van der Waals surface area contributed by atoms with Gasteiger partial charge in [0.1, 0.15) is 12.4 Å². The van der Waals surface area contributed by atoms with E-state index in [2.05, 4.69) is 10.2 Å². The Balaban J connectivity index is 1.34. The predicted molar refractivity (Wildman–Crippen MR) is 121 cm³/mol. The highest BCUT2D eigenvalue weighted by molar-refractivity contribution is 5.79. The normalized spacial score (nSPS) is 18.1.